The third kappa shape index (κ3) is 4.62. The lowest BCUT2D eigenvalue weighted by Crippen LogP contribution is -2.54. The van der Waals surface area contributed by atoms with Crippen molar-refractivity contribution in [3.8, 4) is 0 Å². The first-order valence-corrected chi connectivity index (χ1v) is 10.2. The van der Waals surface area contributed by atoms with Crippen LogP contribution < -0.4 is 4.90 Å². The molecule has 0 radical (unpaired) electrons. The Kier molecular flexibility index (Phi) is 6.60. The van der Waals surface area contributed by atoms with E-state index in [1.54, 1.807) is 4.90 Å². The molecule has 2 atom stereocenters. The standard InChI is InChI=1S/C24H29N2O3/c1-19-10-12-21(13-11-19)17-25(22-8-4-3-5-9-22)23(28)14-15-24(29)26(18-27)16-6-7-20(26)2/h3-5,8-13,18,20H,6-7,14-17H2,1-2H3/q+1/t20-,26?/m1/s1. The minimum atomic E-state index is -0.151. The fourth-order valence-corrected chi connectivity index (χ4v) is 4.05. The second-order valence-corrected chi connectivity index (χ2v) is 7.95. The maximum Gasteiger partial charge on any atom is 0.321 e. The van der Waals surface area contributed by atoms with Crippen molar-refractivity contribution in [3.63, 3.8) is 0 Å². The van der Waals surface area contributed by atoms with E-state index < -0.39 is 0 Å². The molecule has 5 nitrogen and oxygen atoms in total. The third-order valence-corrected chi connectivity index (χ3v) is 5.97. The maximum absolute atomic E-state index is 13.1. The van der Waals surface area contributed by atoms with Crippen LogP contribution in [0, 0.1) is 6.92 Å². The van der Waals surface area contributed by atoms with Gasteiger partial charge in [-0.05, 0) is 31.5 Å². The van der Waals surface area contributed by atoms with Gasteiger partial charge in [0.1, 0.15) is 6.04 Å². The van der Waals surface area contributed by atoms with Gasteiger partial charge in [0.15, 0.2) is 0 Å². The predicted octanol–water partition coefficient (Wildman–Crippen LogP) is 3.99. The molecule has 1 saturated heterocycles. The van der Waals surface area contributed by atoms with E-state index in [-0.39, 0.29) is 35.2 Å². The summed E-state index contributed by atoms with van der Waals surface area (Å²) in [7, 11) is 0. The van der Waals surface area contributed by atoms with Gasteiger partial charge < -0.3 is 4.90 Å². The molecule has 1 aliphatic rings. The number of benzene rings is 2. The summed E-state index contributed by atoms with van der Waals surface area (Å²) >= 11 is 0. The molecular weight excluding hydrogens is 364 g/mol. The molecule has 0 aliphatic carbocycles. The predicted molar refractivity (Wildman–Crippen MR) is 113 cm³/mol. The molecule has 152 valence electrons. The van der Waals surface area contributed by atoms with Gasteiger partial charge >= 0.3 is 12.3 Å². The summed E-state index contributed by atoms with van der Waals surface area (Å²) in [5.74, 6) is -0.261. The summed E-state index contributed by atoms with van der Waals surface area (Å²) in [6, 6.07) is 17.6. The van der Waals surface area contributed by atoms with Crippen LogP contribution in [0.4, 0.5) is 5.69 Å². The molecule has 3 amide bonds. The van der Waals surface area contributed by atoms with E-state index in [4.69, 9.17) is 0 Å². The number of imide groups is 1. The summed E-state index contributed by atoms with van der Waals surface area (Å²) < 4.78 is -0.142. The SMILES string of the molecule is Cc1ccc(CN(C(=O)CCC(=O)[N+]2(C=O)CCC[C@H]2C)c2ccccc2)cc1. The number of carbonyl (C=O) groups is 3. The highest BCUT2D eigenvalue weighted by Crippen LogP contribution is 2.27. The lowest BCUT2D eigenvalue weighted by molar-refractivity contribution is -0.780. The molecule has 0 N–H and O–H groups in total. The quantitative estimate of drug-likeness (QED) is 0.528. The van der Waals surface area contributed by atoms with Crippen molar-refractivity contribution in [1.29, 1.82) is 0 Å². The first kappa shape index (κ1) is 20.9. The van der Waals surface area contributed by atoms with Gasteiger partial charge in [-0.2, -0.15) is 4.48 Å². The van der Waals surface area contributed by atoms with E-state index in [1.165, 1.54) is 5.56 Å². The zero-order valence-corrected chi connectivity index (χ0v) is 17.2. The molecule has 3 rings (SSSR count). The molecule has 0 aromatic heterocycles. The number of rotatable bonds is 7. The Morgan fingerprint density at radius 1 is 1.07 bits per heavy atom. The van der Waals surface area contributed by atoms with Gasteiger partial charge in [0, 0.05) is 24.9 Å². The molecule has 0 bridgehead atoms. The summed E-state index contributed by atoms with van der Waals surface area (Å²) in [5.41, 5.74) is 3.00. The third-order valence-electron chi connectivity index (χ3n) is 5.97. The molecule has 2 aromatic rings. The van der Waals surface area contributed by atoms with Crippen molar-refractivity contribution in [2.45, 2.75) is 52.1 Å². The van der Waals surface area contributed by atoms with Gasteiger partial charge in [-0.25, -0.2) is 9.59 Å². The molecule has 1 aliphatic heterocycles. The Labute approximate surface area is 172 Å². The van der Waals surface area contributed by atoms with Crippen LogP contribution in [0.2, 0.25) is 0 Å². The maximum atomic E-state index is 13.1. The van der Waals surface area contributed by atoms with Crippen LogP contribution in [-0.4, -0.2) is 35.3 Å². The van der Waals surface area contributed by atoms with Crippen molar-refractivity contribution in [1.82, 2.24) is 0 Å². The Morgan fingerprint density at radius 2 is 1.76 bits per heavy atom. The zero-order valence-electron chi connectivity index (χ0n) is 17.2. The number of hydrogen-bond donors (Lipinski definition) is 0. The van der Waals surface area contributed by atoms with E-state index >= 15 is 0 Å². The van der Waals surface area contributed by atoms with Crippen molar-refractivity contribution < 1.29 is 18.9 Å². The molecular formula is C24H29N2O3+. The van der Waals surface area contributed by atoms with Gasteiger partial charge in [0.25, 0.3) is 0 Å². The van der Waals surface area contributed by atoms with Crippen LogP contribution in [0.15, 0.2) is 54.6 Å². The number of carbonyl (C=O) groups excluding carboxylic acids is 3. The Bertz CT molecular complexity index is 863. The van der Waals surface area contributed by atoms with Gasteiger partial charge in [-0.1, -0.05) is 48.0 Å². The first-order valence-electron chi connectivity index (χ1n) is 10.2. The van der Waals surface area contributed by atoms with Crippen molar-refractivity contribution >= 4 is 23.9 Å². The van der Waals surface area contributed by atoms with Gasteiger partial charge in [-0.15, -0.1) is 0 Å². The lowest BCUT2D eigenvalue weighted by Gasteiger charge is -2.29. The van der Waals surface area contributed by atoms with E-state index in [2.05, 4.69) is 0 Å². The van der Waals surface area contributed by atoms with Crippen LogP contribution in [0.3, 0.4) is 0 Å². The number of para-hydroxylation sites is 1. The zero-order chi connectivity index (χ0) is 20.9. The number of aryl methyl sites for hydroxylation is 1. The summed E-state index contributed by atoms with van der Waals surface area (Å²) in [5, 5.41) is 0. The second-order valence-electron chi connectivity index (χ2n) is 7.95. The van der Waals surface area contributed by atoms with Crippen LogP contribution in [0.5, 0.6) is 0 Å². The summed E-state index contributed by atoms with van der Waals surface area (Å²) in [6.45, 7) is 4.96. The molecule has 5 heteroatoms. The molecule has 29 heavy (non-hydrogen) atoms. The Balaban J connectivity index is 1.73. The molecule has 1 unspecified atom stereocenters. The minimum absolute atomic E-state index is 0.00659. The normalized spacial score (nSPS) is 21.0. The van der Waals surface area contributed by atoms with Crippen molar-refractivity contribution in [3.05, 3.63) is 65.7 Å². The summed E-state index contributed by atoms with van der Waals surface area (Å²) in [6.07, 6.45) is 2.68. The van der Waals surface area contributed by atoms with Gasteiger partial charge in [-0.3, -0.25) is 4.79 Å². The van der Waals surface area contributed by atoms with E-state index in [0.29, 0.717) is 13.1 Å². The molecule has 1 heterocycles. The highest BCUT2D eigenvalue weighted by molar-refractivity contribution is 5.95. The Hall–Kier alpha value is -2.79. The number of nitrogens with zero attached hydrogens (tertiary/aromatic N) is 2. The number of likely N-dealkylation sites (tertiary alicyclic amines) is 1. The smallest absolute Gasteiger partial charge is 0.308 e. The van der Waals surface area contributed by atoms with E-state index in [9.17, 15) is 14.4 Å². The van der Waals surface area contributed by atoms with Crippen LogP contribution in [0.1, 0.15) is 43.7 Å². The van der Waals surface area contributed by atoms with E-state index in [0.717, 1.165) is 30.5 Å². The number of quaternary nitrogens is 1. The highest BCUT2D eigenvalue weighted by atomic mass is 16.2. The van der Waals surface area contributed by atoms with Crippen LogP contribution >= 0.6 is 0 Å². The molecule has 1 fully saturated rings. The molecule has 2 aromatic carbocycles. The van der Waals surface area contributed by atoms with Crippen molar-refractivity contribution in [2.75, 3.05) is 11.4 Å². The monoisotopic (exact) mass is 393 g/mol. The van der Waals surface area contributed by atoms with Crippen molar-refractivity contribution in [2.24, 2.45) is 0 Å². The topological polar surface area (TPSA) is 54.5 Å². The number of hydrogen-bond acceptors (Lipinski definition) is 3. The van der Waals surface area contributed by atoms with E-state index in [1.807, 2.05) is 68.4 Å². The fourth-order valence-electron chi connectivity index (χ4n) is 4.05. The average molecular weight is 394 g/mol. The number of amides is 3. The number of anilines is 1. The highest BCUT2D eigenvalue weighted by Gasteiger charge is 2.45. The largest absolute Gasteiger partial charge is 0.321 e. The van der Waals surface area contributed by atoms with Crippen LogP contribution in [-0.2, 0) is 20.9 Å². The van der Waals surface area contributed by atoms with Crippen LogP contribution in [0.25, 0.3) is 0 Å². The second kappa shape index (κ2) is 9.14. The van der Waals surface area contributed by atoms with Gasteiger partial charge in [0.05, 0.1) is 19.5 Å². The Morgan fingerprint density at radius 3 is 2.34 bits per heavy atom. The average Bonchev–Trinajstić information content (AvgIpc) is 3.13. The summed E-state index contributed by atoms with van der Waals surface area (Å²) in [4.78, 5) is 39.3. The minimum Gasteiger partial charge on any atom is -0.308 e. The lowest BCUT2D eigenvalue weighted by atomic mass is 10.1. The molecule has 0 saturated carbocycles. The van der Waals surface area contributed by atoms with Gasteiger partial charge in [0.2, 0.25) is 5.91 Å². The fraction of sp³-hybridized carbons (Fsp3) is 0.375. The molecule has 0 spiro atoms. The first-order chi connectivity index (χ1) is 14.0.